The molecule has 0 bridgehead atoms. The van der Waals surface area contributed by atoms with Gasteiger partial charge in [0.2, 0.25) is 5.91 Å². The maximum absolute atomic E-state index is 12.1. The van der Waals surface area contributed by atoms with Gasteiger partial charge in [0.15, 0.2) is 0 Å². The van der Waals surface area contributed by atoms with Crippen molar-refractivity contribution in [3.63, 3.8) is 0 Å². The van der Waals surface area contributed by atoms with E-state index in [0.717, 1.165) is 39.5 Å². The lowest BCUT2D eigenvalue weighted by atomic mass is 10.1. The Hall–Kier alpha value is -4.33. The summed E-state index contributed by atoms with van der Waals surface area (Å²) in [7, 11) is 0. The lowest BCUT2D eigenvalue weighted by Crippen LogP contribution is -2.09. The molecule has 2 heterocycles. The largest absolute Gasteiger partial charge is 0.463 e. The molecule has 2 N–H and O–H groups in total. The molecule has 0 saturated heterocycles. The minimum absolute atomic E-state index is 0.248. The highest BCUT2D eigenvalue weighted by Gasteiger charge is 2.09. The molecule has 4 rings (SSSR count). The number of esters is 1. The first kappa shape index (κ1) is 20.0. The molecule has 154 valence electrons. The molecule has 0 aliphatic carbocycles. The van der Waals surface area contributed by atoms with Crippen molar-refractivity contribution in [1.82, 2.24) is 15.0 Å². The lowest BCUT2D eigenvalue weighted by Gasteiger charge is -2.12. The summed E-state index contributed by atoms with van der Waals surface area (Å²) in [4.78, 5) is 36.3. The second-order valence-electron chi connectivity index (χ2n) is 6.56. The summed E-state index contributed by atoms with van der Waals surface area (Å²) in [5.74, 6) is -0.408. The highest BCUT2D eigenvalue weighted by Crippen LogP contribution is 2.29. The molecule has 4 aromatic rings. The van der Waals surface area contributed by atoms with Crippen LogP contribution >= 0.6 is 0 Å². The second-order valence-corrected chi connectivity index (χ2v) is 6.56. The monoisotopic (exact) mass is 413 g/mol. The van der Waals surface area contributed by atoms with Crippen molar-refractivity contribution in [2.75, 3.05) is 17.2 Å². The summed E-state index contributed by atoms with van der Waals surface area (Å²) in [6, 6.07) is 13.1. The summed E-state index contributed by atoms with van der Waals surface area (Å²) in [6.45, 7) is 1.95. The highest BCUT2D eigenvalue weighted by molar-refractivity contribution is 6.04. The van der Waals surface area contributed by atoms with E-state index in [1.165, 1.54) is 6.33 Å². The van der Waals surface area contributed by atoms with E-state index < -0.39 is 11.9 Å². The van der Waals surface area contributed by atoms with E-state index in [1.54, 1.807) is 37.5 Å². The number of fused-ring (bicyclic) bond motifs is 2. The Kier molecular flexibility index (Phi) is 5.79. The summed E-state index contributed by atoms with van der Waals surface area (Å²) in [5.41, 5.74) is 2.15. The maximum Gasteiger partial charge on any atom is 0.330 e. The fraction of sp³-hybridized carbons (Fsp3) is 0.0870. The SMILES string of the molecule is CCOC(=O)C=CC(=O)Nc1ccc2ncnc(Nc3cccc4cnccc34)c2c1. The first-order valence-corrected chi connectivity index (χ1v) is 9.64. The Balaban J connectivity index is 1.62. The third-order valence-electron chi connectivity index (χ3n) is 4.49. The average Bonchev–Trinajstić information content (AvgIpc) is 2.78. The summed E-state index contributed by atoms with van der Waals surface area (Å²) < 4.78 is 4.77. The molecular weight excluding hydrogens is 394 g/mol. The summed E-state index contributed by atoms with van der Waals surface area (Å²) >= 11 is 0. The molecule has 0 atom stereocenters. The predicted octanol–water partition coefficient (Wildman–Crippen LogP) is 3.98. The molecule has 8 heteroatoms. The van der Waals surface area contributed by atoms with E-state index in [1.807, 2.05) is 24.3 Å². The van der Waals surface area contributed by atoms with Crippen LogP contribution in [0.1, 0.15) is 6.92 Å². The Morgan fingerprint density at radius 3 is 2.84 bits per heavy atom. The van der Waals surface area contributed by atoms with Crippen LogP contribution < -0.4 is 10.6 Å². The summed E-state index contributed by atoms with van der Waals surface area (Å²) in [6.07, 6.45) is 7.25. The number of carbonyl (C=O) groups excluding carboxylic acids is 2. The van der Waals surface area contributed by atoms with Crippen molar-refractivity contribution in [3.05, 3.63) is 73.3 Å². The van der Waals surface area contributed by atoms with Gasteiger partial charge in [0.05, 0.1) is 12.1 Å². The molecular formula is C23H19N5O3. The number of aromatic nitrogens is 3. The van der Waals surface area contributed by atoms with Crippen molar-refractivity contribution in [1.29, 1.82) is 0 Å². The fourth-order valence-electron chi connectivity index (χ4n) is 3.11. The standard InChI is InChI=1S/C23H19N5O3/c1-2-31-22(30)9-8-21(29)27-16-6-7-19-18(12-16)23(26-14-25-19)28-20-5-3-4-15-13-24-11-10-17(15)20/h3-14H,2H2,1H3,(H,27,29)(H,25,26,28). The van der Waals surface area contributed by atoms with Gasteiger partial charge in [-0.05, 0) is 37.3 Å². The highest BCUT2D eigenvalue weighted by atomic mass is 16.5. The number of nitrogens with one attached hydrogen (secondary N) is 2. The second kappa shape index (κ2) is 9.00. The van der Waals surface area contributed by atoms with Gasteiger partial charge in [0, 0.05) is 52.1 Å². The molecule has 0 saturated carbocycles. The summed E-state index contributed by atoms with van der Waals surface area (Å²) in [5, 5.41) is 8.84. The number of carbonyl (C=O) groups is 2. The minimum Gasteiger partial charge on any atom is -0.463 e. The molecule has 8 nitrogen and oxygen atoms in total. The topological polar surface area (TPSA) is 106 Å². The molecule has 0 spiro atoms. The molecule has 0 radical (unpaired) electrons. The molecule has 0 aliphatic heterocycles. The number of benzene rings is 2. The number of anilines is 3. The van der Waals surface area contributed by atoms with E-state index in [0.29, 0.717) is 11.5 Å². The van der Waals surface area contributed by atoms with Gasteiger partial charge < -0.3 is 15.4 Å². The number of pyridine rings is 1. The Bertz CT molecular complexity index is 1300. The van der Waals surface area contributed by atoms with E-state index in [2.05, 4.69) is 25.6 Å². The first-order chi connectivity index (χ1) is 15.1. The molecule has 31 heavy (non-hydrogen) atoms. The van der Waals surface area contributed by atoms with Crippen molar-refractivity contribution >= 4 is 50.7 Å². The zero-order valence-electron chi connectivity index (χ0n) is 16.7. The van der Waals surface area contributed by atoms with Crippen molar-refractivity contribution in [2.24, 2.45) is 0 Å². The van der Waals surface area contributed by atoms with Crippen molar-refractivity contribution in [2.45, 2.75) is 6.92 Å². The van der Waals surface area contributed by atoms with Crippen LogP contribution in [0.25, 0.3) is 21.7 Å². The molecule has 1 amide bonds. The van der Waals surface area contributed by atoms with Gasteiger partial charge in [-0.2, -0.15) is 0 Å². The van der Waals surface area contributed by atoms with Gasteiger partial charge >= 0.3 is 5.97 Å². The van der Waals surface area contributed by atoms with Gasteiger partial charge in [-0.1, -0.05) is 12.1 Å². The molecule has 2 aromatic heterocycles. The van der Waals surface area contributed by atoms with Gasteiger partial charge in [0.1, 0.15) is 12.1 Å². The van der Waals surface area contributed by atoms with Crippen LogP contribution in [0.15, 0.2) is 73.3 Å². The maximum atomic E-state index is 12.1. The molecule has 0 fully saturated rings. The Morgan fingerprint density at radius 1 is 1.06 bits per heavy atom. The van der Waals surface area contributed by atoms with Crippen molar-refractivity contribution in [3.8, 4) is 0 Å². The normalized spacial score (nSPS) is 11.0. The zero-order chi connectivity index (χ0) is 21.6. The molecule has 0 aliphatic rings. The zero-order valence-corrected chi connectivity index (χ0v) is 16.7. The van der Waals surface area contributed by atoms with Crippen LogP contribution in [-0.2, 0) is 14.3 Å². The molecule has 2 aromatic carbocycles. The van der Waals surface area contributed by atoms with Crippen LogP contribution in [0.4, 0.5) is 17.2 Å². The predicted molar refractivity (Wildman–Crippen MR) is 119 cm³/mol. The third-order valence-corrected chi connectivity index (χ3v) is 4.49. The molecule has 0 unspecified atom stereocenters. The van der Waals surface area contributed by atoms with Gasteiger partial charge in [-0.3, -0.25) is 9.78 Å². The van der Waals surface area contributed by atoms with Crippen LogP contribution in [0.3, 0.4) is 0 Å². The smallest absolute Gasteiger partial charge is 0.330 e. The van der Waals surface area contributed by atoms with Crippen LogP contribution in [0, 0.1) is 0 Å². The average molecular weight is 413 g/mol. The van der Waals surface area contributed by atoms with E-state index in [-0.39, 0.29) is 6.61 Å². The van der Waals surface area contributed by atoms with E-state index in [4.69, 9.17) is 4.74 Å². The van der Waals surface area contributed by atoms with Crippen LogP contribution in [-0.4, -0.2) is 33.4 Å². The minimum atomic E-state index is -0.568. The third kappa shape index (κ3) is 4.64. The Morgan fingerprint density at radius 2 is 1.97 bits per heavy atom. The van der Waals surface area contributed by atoms with Gasteiger partial charge in [0.25, 0.3) is 0 Å². The number of hydrogen-bond donors (Lipinski definition) is 2. The number of rotatable bonds is 6. The van der Waals surface area contributed by atoms with Crippen LogP contribution in [0.5, 0.6) is 0 Å². The number of ether oxygens (including phenoxy) is 1. The number of nitrogens with zero attached hydrogens (tertiary/aromatic N) is 3. The van der Waals surface area contributed by atoms with Crippen LogP contribution in [0.2, 0.25) is 0 Å². The van der Waals surface area contributed by atoms with Gasteiger partial charge in [-0.25, -0.2) is 14.8 Å². The fourth-order valence-corrected chi connectivity index (χ4v) is 3.11. The quantitative estimate of drug-likeness (QED) is 0.364. The number of amides is 1. The van der Waals surface area contributed by atoms with E-state index >= 15 is 0 Å². The Labute approximate surface area is 178 Å². The van der Waals surface area contributed by atoms with Gasteiger partial charge in [-0.15, -0.1) is 0 Å². The van der Waals surface area contributed by atoms with E-state index in [9.17, 15) is 9.59 Å². The number of hydrogen-bond acceptors (Lipinski definition) is 7. The van der Waals surface area contributed by atoms with Crippen molar-refractivity contribution < 1.29 is 14.3 Å². The first-order valence-electron chi connectivity index (χ1n) is 9.64. The lowest BCUT2D eigenvalue weighted by molar-refractivity contribution is -0.137.